The highest BCUT2D eigenvalue weighted by molar-refractivity contribution is 5.96. The highest BCUT2D eigenvalue weighted by Crippen LogP contribution is 2.44. The van der Waals surface area contributed by atoms with Gasteiger partial charge in [-0.25, -0.2) is 0 Å². The third kappa shape index (κ3) is 2.96. The quantitative estimate of drug-likeness (QED) is 0.818. The van der Waals surface area contributed by atoms with Crippen LogP contribution in [0, 0.1) is 30.6 Å². The zero-order valence-electron chi connectivity index (χ0n) is 12.4. The third-order valence-corrected chi connectivity index (χ3v) is 4.85. The van der Waals surface area contributed by atoms with E-state index in [-0.39, 0.29) is 12.5 Å². The van der Waals surface area contributed by atoms with Crippen LogP contribution in [0.25, 0.3) is 0 Å². The van der Waals surface area contributed by atoms with E-state index in [0.29, 0.717) is 17.5 Å². The highest BCUT2D eigenvalue weighted by atomic mass is 16.2. The van der Waals surface area contributed by atoms with Gasteiger partial charge in [-0.2, -0.15) is 0 Å². The highest BCUT2D eigenvalue weighted by Gasteiger charge is 2.40. The van der Waals surface area contributed by atoms with Crippen LogP contribution in [0.4, 0.5) is 0 Å². The van der Waals surface area contributed by atoms with Gasteiger partial charge >= 0.3 is 0 Å². The Balaban J connectivity index is 1.74. The molecule has 0 saturated heterocycles. The molecule has 3 rings (SSSR count). The summed E-state index contributed by atoms with van der Waals surface area (Å²) in [6, 6.07) is 5.96. The first kappa shape index (κ1) is 14.2. The van der Waals surface area contributed by atoms with Gasteiger partial charge in [0.15, 0.2) is 0 Å². The van der Waals surface area contributed by atoms with Crippen molar-refractivity contribution >= 4 is 5.91 Å². The average Bonchev–Trinajstić information content (AvgIpc) is 3.09. The number of hydrogen-bond acceptors (Lipinski definition) is 2. The maximum absolute atomic E-state index is 12.5. The number of hydrogen-bond donors (Lipinski definition) is 2. The van der Waals surface area contributed by atoms with Gasteiger partial charge in [0.05, 0.1) is 0 Å². The number of amides is 1. The fourth-order valence-corrected chi connectivity index (χ4v) is 3.75. The zero-order chi connectivity index (χ0) is 14.8. The smallest absolute Gasteiger partial charge is 0.251 e. The largest absolute Gasteiger partial charge is 0.384 e. The number of aryl methyl sites for hydroxylation is 1. The van der Waals surface area contributed by atoms with Crippen LogP contribution >= 0.6 is 0 Å². The van der Waals surface area contributed by atoms with Gasteiger partial charge < -0.3 is 10.4 Å². The van der Waals surface area contributed by atoms with E-state index >= 15 is 0 Å². The summed E-state index contributed by atoms with van der Waals surface area (Å²) in [5.74, 6) is 6.99. The summed E-state index contributed by atoms with van der Waals surface area (Å²) >= 11 is 0. The summed E-state index contributed by atoms with van der Waals surface area (Å²) in [6.45, 7) is 1.78. The molecule has 3 unspecified atom stereocenters. The van der Waals surface area contributed by atoms with Gasteiger partial charge in [-0.1, -0.05) is 24.3 Å². The summed E-state index contributed by atoms with van der Waals surface area (Å²) < 4.78 is 0. The van der Waals surface area contributed by atoms with Crippen LogP contribution in [0.1, 0.15) is 47.2 Å². The molecule has 0 radical (unpaired) electrons. The van der Waals surface area contributed by atoms with E-state index in [2.05, 4.69) is 17.2 Å². The van der Waals surface area contributed by atoms with Crippen molar-refractivity contribution in [3.63, 3.8) is 0 Å². The molecule has 2 fully saturated rings. The first-order valence-corrected chi connectivity index (χ1v) is 7.68. The molecule has 3 nitrogen and oxygen atoms in total. The second-order valence-electron chi connectivity index (χ2n) is 6.24. The van der Waals surface area contributed by atoms with Crippen LogP contribution in [-0.4, -0.2) is 23.7 Å². The van der Waals surface area contributed by atoms with Crippen molar-refractivity contribution in [2.75, 3.05) is 6.61 Å². The molecule has 3 heteroatoms. The third-order valence-electron chi connectivity index (χ3n) is 4.85. The lowest BCUT2D eigenvalue weighted by atomic mass is 9.94. The minimum Gasteiger partial charge on any atom is -0.384 e. The van der Waals surface area contributed by atoms with Crippen molar-refractivity contribution in [2.45, 2.75) is 38.6 Å². The molecule has 0 aliphatic heterocycles. The Labute approximate surface area is 125 Å². The predicted molar refractivity (Wildman–Crippen MR) is 81.8 cm³/mol. The second-order valence-corrected chi connectivity index (χ2v) is 6.24. The first-order chi connectivity index (χ1) is 10.2. The molecular weight excluding hydrogens is 262 g/mol. The predicted octanol–water partition coefficient (Wildman–Crippen LogP) is 2.26. The van der Waals surface area contributed by atoms with E-state index in [4.69, 9.17) is 5.11 Å². The summed E-state index contributed by atoms with van der Waals surface area (Å²) in [5, 5.41) is 12.0. The number of carbonyl (C=O) groups excluding carboxylic acids is 1. The van der Waals surface area contributed by atoms with Crippen molar-refractivity contribution < 1.29 is 9.90 Å². The standard InChI is InChI=1S/C18H21NO2/c1-12-4-5-13(3-2-8-20)10-16(12)18(21)19-17-11-14-6-7-15(17)9-14/h4-5,10,14-15,17,20H,6-9,11H2,1H3,(H,19,21). The number of fused-ring (bicyclic) bond motifs is 2. The molecule has 2 aliphatic rings. The van der Waals surface area contributed by atoms with Gasteiger partial charge in [0.1, 0.15) is 6.61 Å². The van der Waals surface area contributed by atoms with Gasteiger partial charge in [0.2, 0.25) is 0 Å². The van der Waals surface area contributed by atoms with E-state index in [1.165, 1.54) is 19.3 Å². The van der Waals surface area contributed by atoms with E-state index in [9.17, 15) is 4.79 Å². The molecule has 1 aromatic carbocycles. The van der Waals surface area contributed by atoms with E-state index in [0.717, 1.165) is 23.5 Å². The molecule has 0 spiro atoms. The number of aliphatic hydroxyl groups excluding tert-OH is 1. The lowest BCUT2D eigenvalue weighted by molar-refractivity contribution is 0.0922. The molecule has 2 bridgehead atoms. The van der Waals surface area contributed by atoms with Crippen LogP contribution in [0.5, 0.6) is 0 Å². The molecule has 1 amide bonds. The Hall–Kier alpha value is -1.79. The minimum absolute atomic E-state index is 0.0118. The summed E-state index contributed by atoms with van der Waals surface area (Å²) in [6.07, 6.45) is 5.02. The molecule has 2 N–H and O–H groups in total. The van der Waals surface area contributed by atoms with Crippen molar-refractivity contribution in [1.29, 1.82) is 0 Å². The van der Waals surface area contributed by atoms with Crippen molar-refractivity contribution in [2.24, 2.45) is 11.8 Å². The van der Waals surface area contributed by atoms with Gasteiger partial charge in [-0.05, 0) is 55.7 Å². The average molecular weight is 283 g/mol. The molecule has 2 saturated carbocycles. The molecular formula is C18H21NO2. The zero-order valence-corrected chi connectivity index (χ0v) is 12.4. The number of nitrogens with one attached hydrogen (secondary N) is 1. The van der Waals surface area contributed by atoms with Crippen LogP contribution in [0.3, 0.4) is 0 Å². The van der Waals surface area contributed by atoms with Gasteiger partial charge in [-0.3, -0.25) is 4.79 Å². The first-order valence-electron chi connectivity index (χ1n) is 7.68. The summed E-state index contributed by atoms with van der Waals surface area (Å²) in [7, 11) is 0. The molecule has 3 atom stereocenters. The SMILES string of the molecule is Cc1ccc(C#CCO)cc1C(=O)NC1CC2CCC1C2. The Bertz CT molecular complexity index is 611. The maximum Gasteiger partial charge on any atom is 0.251 e. The Morgan fingerprint density at radius 2 is 2.24 bits per heavy atom. The molecule has 2 aliphatic carbocycles. The molecule has 110 valence electrons. The van der Waals surface area contributed by atoms with Crippen molar-refractivity contribution in [1.82, 2.24) is 5.32 Å². The van der Waals surface area contributed by atoms with Crippen LogP contribution in [0.2, 0.25) is 0 Å². The normalized spacial score (nSPS) is 26.3. The Morgan fingerprint density at radius 3 is 2.90 bits per heavy atom. The number of rotatable bonds is 2. The fraction of sp³-hybridized carbons (Fsp3) is 0.500. The summed E-state index contributed by atoms with van der Waals surface area (Å²) in [4.78, 5) is 12.5. The number of aliphatic hydroxyl groups is 1. The topological polar surface area (TPSA) is 49.3 Å². The van der Waals surface area contributed by atoms with Crippen molar-refractivity contribution in [3.8, 4) is 11.8 Å². The van der Waals surface area contributed by atoms with Gasteiger partial charge in [0, 0.05) is 17.2 Å². The van der Waals surface area contributed by atoms with Crippen LogP contribution in [-0.2, 0) is 0 Å². The molecule has 0 aromatic heterocycles. The van der Waals surface area contributed by atoms with E-state index < -0.39 is 0 Å². The van der Waals surface area contributed by atoms with E-state index in [1.54, 1.807) is 0 Å². The minimum atomic E-state index is -0.166. The monoisotopic (exact) mass is 283 g/mol. The second kappa shape index (κ2) is 5.91. The van der Waals surface area contributed by atoms with Crippen LogP contribution in [0.15, 0.2) is 18.2 Å². The fourth-order valence-electron chi connectivity index (χ4n) is 3.75. The van der Waals surface area contributed by atoms with Gasteiger partial charge in [0.25, 0.3) is 5.91 Å². The number of benzene rings is 1. The van der Waals surface area contributed by atoms with Crippen LogP contribution < -0.4 is 5.32 Å². The van der Waals surface area contributed by atoms with Crippen molar-refractivity contribution in [3.05, 3.63) is 34.9 Å². The molecule has 1 aromatic rings. The number of carbonyl (C=O) groups is 1. The Morgan fingerprint density at radius 1 is 1.38 bits per heavy atom. The molecule has 0 heterocycles. The lowest BCUT2D eigenvalue weighted by Gasteiger charge is -2.23. The lowest BCUT2D eigenvalue weighted by Crippen LogP contribution is -2.38. The van der Waals surface area contributed by atoms with Gasteiger partial charge in [-0.15, -0.1) is 0 Å². The Kier molecular flexibility index (Phi) is 3.98. The molecule has 21 heavy (non-hydrogen) atoms. The maximum atomic E-state index is 12.5. The van der Waals surface area contributed by atoms with E-state index in [1.807, 2.05) is 25.1 Å². The summed E-state index contributed by atoms with van der Waals surface area (Å²) in [5.41, 5.74) is 2.43.